The van der Waals surface area contributed by atoms with Crippen molar-refractivity contribution < 1.29 is 9.53 Å². The molecule has 2 aromatic heterocycles. The summed E-state index contributed by atoms with van der Waals surface area (Å²) in [6.45, 7) is 3.48. The predicted octanol–water partition coefficient (Wildman–Crippen LogP) is 2.45. The summed E-state index contributed by atoms with van der Waals surface area (Å²) in [5, 5.41) is 5.64. The number of carbonyl (C=O) groups is 1. The van der Waals surface area contributed by atoms with E-state index in [1.165, 1.54) is 0 Å². The summed E-state index contributed by atoms with van der Waals surface area (Å²) in [6, 6.07) is 5.39. The van der Waals surface area contributed by atoms with Gasteiger partial charge in [0.2, 0.25) is 0 Å². The molecule has 3 heterocycles. The summed E-state index contributed by atoms with van der Waals surface area (Å²) < 4.78 is 5.68. The molecule has 1 saturated heterocycles. The van der Waals surface area contributed by atoms with Crippen LogP contribution in [0.5, 0.6) is 0 Å². The van der Waals surface area contributed by atoms with Crippen molar-refractivity contribution >= 4 is 23.2 Å². The summed E-state index contributed by atoms with van der Waals surface area (Å²) in [6.07, 6.45) is 1.61. The minimum atomic E-state index is -0.155. The Hall–Kier alpha value is -1.99. The summed E-state index contributed by atoms with van der Waals surface area (Å²) >= 11 is 1.54. The number of amides is 2. The van der Waals surface area contributed by atoms with E-state index in [0.717, 1.165) is 10.7 Å². The molecule has 2 amide bonds. The number of ether oxygens (including phenoxy) is 1. The van der Waals surface area contributed by atoms with Crippen molar-refractivity contribution in [3.05, 3.63) is 40.5 Å². The number of hydrogen-bond acceptors (Lipinski definition) is 5. The fraction of sp³-hybridized carbons (Fsp3) is 0.357. The van der Waals surface area contributed by atoms with E-state index in [2.05, 4.69) is 15.3 Å². The largest absolute Gasteiger partial charge is 0.367 e. The second-order valence-corrected chi connectivity index (χ2v) is 5.70. The summed E-state index contributed by atoms with van der Waals surface area (Å²) in [4.78, 5) is 22.6. The molecular formula is C14H16N4O2S. The molecule has 0 bridgehead atoms. The van der Waals surface area contributed by atoms with Crippen LogP contribution in [-0.2, 0) is 4.74 Å². The first kappa shape index (κ1) is 14.0. The van der Waals surface area contributed by atoms with E-state index in [0.29, 0.717) is 25.5 Å². The van der Waals surface area contributed by atoms with Crippen LogP contribution in [0, 0.1) is 6.92 Å². The number of rotatable bonds is 2. The zero-order valence-electron chi connectivity index (χ0n) is 11.7. The average molecular weight is 304 g/mol. The normalized spacial score (nSPS) is 18.5. The molecule has 0 unspecified atom stereocenters. The third kappa shape index (κ3) is 3.37. The summed E-state index contributed by atoms with van der Waals surface area (Å²) in [5.41, 5.74) is 0.871. The van der Waals surface area contributed by atoms with Crippen molar-refractivity contribution in [2.45, 2.75) is 13.0 Å². The lowest BCUT2D eigenvalue weighted by atomic mass is 10.3. The van der Waals surface area contributed by atoms with Crippen LogP contribution in [0.1, 0.15) is 16.8 Å². The molecule has 1 atom stereocenters. The molecule has 0 aromatic carbocycles. The van der Waals surface area contributed by atoms with Crippen LogP contribution in [0.3, 0.4) is 0 Å². The van der Waals surface area contributed by atoms with Crippen LogP contribution >= 0.6 is 11.3 Å². The third-order valence-corrected chi connectivity index (χ3v) is 4.07. The first-order valence-corrected chi connectivity index (χ1v) is 7.61. The highest BCUT2D eigenvalue weighted by molar-refractivity contribution is 7.09. The zero-order valence-corrected chi connectivity index (χ0v) is 12.5. The maximum atomic E-state index is 12.3. The van der Waals surface area contributed by atoms with Gasteiger partial charge in [-0.1, -0.05) is 6.07 Å². The standard InChI is InChI=1S/C14H16N4O2S/c1-10-3-2-4-12(16-10)17-14(19)18-6-7-20-11(9-18)13-15-5-8-21-13/h2-5,8,11H,6-7,9H2,1H3,(H,16,17,19)/t11-/m0/s1. The van der Waals surface area contributed by atoms with Crippen LogP contribution < -0.4 is 5.32 Å². The van der Waals surface area contributed by atoms with Gasteiger partial charge in [-0.05, 0) is 19.1 Å². The highest BCUT2D eigenvalue weighted by atomic mass is 32.1. The quantitative estimate of drug-likeness (QED) is 0.925. The SMILES string of the molecule is Cc1cccc(NC(=O)N2CCO[C@H](c3nccs3)C2)n1. The van der Waals surface area contributed by atoms with Gasteiger partial charge in [0, 0.05) is 23.8 Å². The van der Waals surface area contributed by atoms with E-state index < -0.39 is 0 Å². The van der Waals surface area contributed by atoms with Gasteiger partial charge in [0.15, 0.2) is 0 Å². The molecule has 2 aromatic rings. The highest BCUT2D eigenvalue weighted by Crippen LogP contribution is 2.24. The van der Waals surface area contributed by atoms with Crippen molar-refractivity contribution in [2.75, 3.05) is 25.0 Å². The Labute approximate surface area is 126 Å². The Balaban J connectivity index is 1.64. The van der Waals surface area contributed by atoms with Crippen LogP contribution in [0.2, 0.25) is 0 Å². The molecule has 3 rings (SSSR count). The minimum Gasteiger partial charge on any atom is -0.367 e. The molecule has 0 aliphatic carbocycles. The van der Waals surface area contributed by atoms with Crippen LogP contribution in [0.4, 0.5) is 10.6 Å². The van der Waals surface area contributed by atoms with Gasteiger partial charge in [-0.15, -0.1) is 11.3 Å². The maximum Gasteiger partial charge on any atom is 0.323 e. The number of nitrogens with one attached hydrogen (secondary N) is 1. The van der Waals surface area contributed by atoms with E-state index in [-0.39, 0.29) is 12.1 Å². The monoisotopic (exact) mass is 304 g/mol. The van der Waals surface area contributed by atoms with Crippen LogP contribution in [0.25, 0.3) is 0 Å². The van der Waals surface area contributed by atoms with Gasteiger partial charge in [0.25, 0.3) is 0 Å². The third-order valence-electron chi connectivity index (χ3n) is 3.20. The topological polar surface area (TPSA) is 67.4 Å². The zero-order chi connectivity index (χ0) is 14.7. The molecule has 1 aliphatic heterocycles. The summed E-state index contributed by atoms with van der Waals surface area (Å²) in [7, 11) is 0. The Morgan fingerprint density at radius 3 is 3.19 bits per heavy atom. The molecule has 1 fully saturated rings. The van der Waals surface area contributed by atoms with Crippen molar-refractivity contribution in [1.29, 1.82) is 0 Å². The van der Waals surface area contributed by atoms with Gasteiger partial charge < -0.3 is 9.64 Å². The Kier molecular flexibility index (Phi) is 4.12. The number of nitrogens with zero attached hydrogens (tertiary/aromatic N) is 3. The van der Waals surface area contributed by atoms with Gasteiger partial charge in [-0.25, -0.2) is 14.8 Å². The lowest BCUT2D eigenvalue weighted by Gasteiger charge is -2.31. The molecule has 0 saturated carbocycles. The lowest BCUT2D eigenvalue weighted by Crippen LogP contribution is -2.44. The number of thiazole rings is 1. The van der Waals surface area contributed by atoms with Gasteiger partial charge in [0.05, 0.1) is 13.2 Å². The molecule has 0 spiro atoms. The van der Waals surface area contributed by atoms with E-state index in [9.17, 15) is 4.79 Å². The fourth-order valence-corrected chi connectivity index (χ4v) is 2.86. The number of hydrogen-bond donors (Lipinski definition) is 1. The van der Waals surface area contributed by atoms with Crippen molar-refractivity contribution in [1.82, 2.24) is 14.9 Å². The Morgan fingerprint density at radius 2 is 2.43 bits per heavy atom. The second-order valence-electron chi connectivity index (χ2n) is 4.77. The van der Waals surface area contributed by atoms with Crippen LogP contribution in [-0.4, -0.2) is 40.6 Å². The van der Waals surface area contributed by atoms with Crippen molar-refractivity contribution in [3.8, 4) is 0 Å². The van der Waals surface area contributed by atoms with Gasteiger partial charge in [-0.2, -0.15) is 0 Å². The Bertz CT molecular complexity index is 617. The van der Waals surface area contributed by atoms with E-state index >= 15 is 0 Å². The number of urea groups is 1. The van der Waals surface area contributed by atoms with Crippen LogP contribution in [0.15, 0.2) is 29.8 Å². The smallest absolute Gasteiger partial charge is 0.323 e. The molecular weight excluding hydrogens is 288 g/mol. The molecule has 21 heavy (non-hydrogen) atoms. The second kappa shape index (κ2) is 6.19. The van der Waals surface area contributed by atoms with Gasteiger partial charge >= 0.3 is 6.03 Å². The fourth-order valence-electron chi connectivity index (χ4n) is 2.18. The molecule has 1 aliphatic rings. The predicted molar refractivity (Wildman–Crippen MR) is 80.4 cm³/mol. The summed E-state index contributed by atoms with van der Waals surface area (Å²) in [5.74, 6) is 0.567. The molecule has 7 heteroatoms. The van der Waals surface area contributed by atoms with E-state index in [1.807, 2.05) is 24.4 Å². The van der Waals surface area contributed by atoms with Gasteiger partial charge in [-0.3, -0.25) is 5.32 Å². The Morgan fingerprint density at radius 1 is 1.52 bits per heavy atom. The maximum absolute atomic E-state index is 12.3. The molecule has 0 radical (unpaired) electrons. The first-order valence-electron chi connectivity index (χ1n) is 6.73. The van der Waals surface area contributed by atoms with Crippen molar-refractivity contribution in [2.24, 2.45) is 0 Å². The first-order chi connectivity index (χ1) is 10.2. The number of aryl methyl sites for hydroxylation is 1. The number of pyridine rings is 1. The van der Waals surface area contributed by atoms with E-state index in [4.69, 9.17) is 4.74 Å². The number of carbonyl (C=O) groups excluding carboxylic acids is 1. The van der Waals surface area contributed by atoms with Gasteiger partial charge in [0.1, 0.15) is 16.9 Å². The minimum absolute atomic E-state index is 0.144. The lowest BCUT2D eigenvalue weighted by molar-refractivity contribution is -0.0136. The number of morpholine rings is 1. The number of aromatic nitrogens is 2. The molecule has 6 nitrogen and oxygen atoms in total. The van der Waals surface area contributed by atoms with Crippen molar-refractivity contribution in [3.63, 3.8) is 0 Å². The number of anilines is 1. The molecule has 1 N–H and O–H groups in total. The molecule has 110 valence electrons. The highest BCUT2D eigenvalue weighted by Gasteiger charge is 2.27. The van der Waals surface area contributed by atoms with E-state index in [1.54, 1.807) is 28.5 Å². The average Bonchev–Trinajstić information content (AvgIpc) is 3.02.